The summed E-state index contributed by atoms with van der Waals surface area (Å²) in [4.78, 5) is 0.107. The molecule has 96 valence electrons. The molecule has 0 aliphatic rings. The summed E-state index contributed by atoms with van der Waals surface area (Å²) in [5, 5.41) is 3.93. The SMILES string of the molecule is Cc1ccc(N)c(S(=O)(=O)Nc2cnns2)c1C. The van der Waals surface area contributed by atoms with E-state index < -0.39 is 10.0 Å². The number of nitrogens with one attached hydrogen (secondary N) is 1. The van der Waals surface area contributed by atoms with Crippen molar-refractivity contribution < 1.29 is 8.42 Å². The van der Waals surface area contributed by atoms with Gasteiger partial charge in [-0.2, -0.15) is 0 Å². The van der Waals surface area contributed by atoms with Gasteiger partial charge < -0.3 is 5.73 Å². The average Bonchev–Trinajstić information content (AvgIpc) is 2.75. The lowest BCUT2D eigenvalue weighted by Gasteiger charge is -2.12. The molecule has 0 radical (unpaired) electrons. The first-order chi connectivity index (χ1) is 8.42. The minimum atomic E-state index is -3.71. The predicted octanol–water partition coefficient (Wildman–Crippen LogP) is 1.54. The van der Waals surface area contributed by atoms with Crippen molar-refractivity contribution in [3.63, 3.8) is 0 Å². The van der Waals surface area contributed by atoms with Gasteiger partial charge >= 0.3 is 0 Å². The summed E-state index contributed by atoms with van der Waals surface area (Å²) >= 11 is 0.968. The maximum atomic E-state index is 12.3. The minimum absolute atomic E-state index is 0.107. The van der Waals surface area contributed by atoms with E-state index in [1.807, 2.05) is 6.92 Å². The van der Waals surface area contributed by atoms with Gasteiger partial charge in [-0.25, -0.2) is 8.42 Å². The topological polar surface area (TPSA) is 98.0 Å². The third-order valence-electron chi connectivity index (χ3n) is 2.57. The number of sulfonamides is 1. The number of rotatable bonds is 3. The van der Waals surface area contributed by atoms with E-state index in [9.17, 15) is 8.42 Å². The molecule has 8 heteroatoms. The number of hydrogen-bond donors (Lipinski definition) is 2. The van der Waals surface area contributed by atoms with Gasteiger partial charge in [-0.1, -0.05) is 10.6 Å². The van der Waals surface area contributed by atoms with E-state index in [1.165, 1.54) is 6.20 Å². The van der Waals surface area contributed by atoms with Crippen molar-refractivity contribution in [2.75, 3.05) is 10.5 Å². The van der Waals surface area contributed by atoms with Gasteiger partial charge in [-0.15, -0.1) is 5.10 Å². The summed E-state index contributed by atoms with van der Waals surface area (Å²) in [7, 11) is -3.71. The molecule has 18 heavy (non-hydrogen) atoms. The third-order valence-corrected chi connectivity index (χ3v) is 4.85. The van der Waals surface area contributed by atoms with Crippen molar-refractivity contribution >= 4 is 32.2 Å². The summed E-state index contributed by atoms with van der Waals surface area (Å²) in [5.41, 5.74) is 7.49. The van der Waals surface area contributed by atoms with Crippen LogP contribution in [0.3, 0.4) is 0 Å². The lowest BCUT2D eigenvalue weighted by molar-refractivity contribution is 0.601. The normalized spacial score (nSPS) is 11.4. The molecule has 2 rings (SSSR count). The first-order valence-electron chi connectivity index (χ1n) is 5.07. The van der Waals surface area contributed by atoms with Crippen LogP contribution >= 0.6 is 11.5 Å². The summed E-state index contributed by atoms with van der Waals surface area (Å²) in [6.45, 7) is 3.56. The quantitative estimate of drug-likeness (QED) is 0.833. The maximum absolute atomic E-state index is 12.3. The monoisotopic (exact) mass is 284 g/mol. The van der Waals surface area contributed by atoms with Crippen molar-refractivity contribution in [2.45, 2.75) is 18.7 Å². The van der Waals surface area contributed by atoms with Gasteiger partial charge in [-0.3, -0.25) is 4.72 Å². The number of benzene rings is 1. The molecule has 1 aromatic carbocycles. The second-order valence-corrected chi connectivity index (χ2v) is 6.22. The maximum Gasteiger partial charge on any atom is 0.264 e. The first-order valence-corrected chi connectivity index (χ1v) is 7.33. The Bertz CT molecular complexity index is 665. The number of nitrogens with two attached hydrogens (primary N) is 1. The third kappa shape index (κ3) is 2.29. The molecule has 0 spiro atoms. The van der Waals surface area contributed by atoms with Crippen LogP contribution in [0.5, 0.6) is 0 Å². The van der Waals surface area contributed by atoms with E-state index in [-0.39, 0.29) is 10.6 Å². The Hall–Kier alpha value is -1.67. The molecular weight excluding hydrogens is 272 g/mol. The van der Waals surface area contributed by atoms with Crippen LogP contribution in [0.1, 0.15) is 11.1 Å². The second kappa shape index (κ2) is 4.54. The van der Waals surface area contributed by atoms with E-state index in [0.29, 0.717) is 10.6 Å². The van der Waals surface area contributed by atoms with Crippen LogP contribution in [0.15, 0.2) is 23.2 Å². The van der Waals surface area contributed by atoms with Gasteiger partial charge in [0, 0.05) is 11.5 Å². The predicted molar refractivity (Wildman–Crippen MR) is 71.0 cm³/mol. The number of anilines is 2. The Balaban J connectivity index is 2.51. The van der Waals surface area contributed by atoms with Crippen molar-refractivity contribution in [3.05, 3.63) is 29.5 Å². The molecule has 0 atom stereocenters. The van der Waals surface area contributed by atoms with Crippen LogP contribution in [-0.4, -0.2) is 18.0 Å². The fourth-order valence-corrected chi connectivity index (χ4v) is 3.68. The fourth-order valence-electron chi connectivity index (χ4n) is 1.56. The van der Waals surface area contributed by atoms with Crippen LogP contribution in [0.2, 0.25) is 0 Å². The molecule has 0 unspecified atom stereocenters. The molecule has 0 fully saturated rings. The van der Waals surface area contributed by atoms with E-state index in [2.05, 4.69) is 14.3 Å². The number of aryl methyl sites for hydroxylation is 1. The number of nitrogen functional groups attached to an aromatic ring is 1. The second-order valence-electron chi connectivity index (χ2n) is 3.81. The van der Waals surface area contributed by atoms with Crippen LogP contribution in [0.4, 0.5) is 10.7 Å². The first kappa shape index (κ1) is 12.8. The van der Waals surface area contributed by atoms with Gasteiger partial charge in [0.05, 0.1) is 11.9 Å². The fraction of sp³-hybridized carbons (Fsp3) is 0.200. The molecule has 3 N–H and O–H groups in total. The Kier molecular flexibility index (Phi) is 3.22. The molecule has 0 aliphatic heterocycles. The van der Waals surface area contributed by atoms with Crippen molar-refractivity contribution in [3.8, 4) is 0 Å². The van der Waals surface area contributed by atoms with Crippen LogP contribution < -0.4 is 10.5 Å². The number of nitrogens with zero attached hydrogens (tertiary/aromatic N) is 2. The minimum Gasteiger partial charge on any atom is -0.398 e. The van der Waals surface area contributed by atoms with Crippen LogP contribution in [-0.2, 0) is 10.0 Å². The molecule has 1 heterocycles. The number of hydrogen-bond acceptors (Lipinski definition) is 6. The van der Waals surface area contributed by atoms with Gasteiger partial charge in [0.25, 0.3) is 10.0 Å². The van der Waals surface area contributed by atoms with Gasteiger partial charge in [0.2, 0.25) is 0 Å². The van der Waals surface area contributed by atoms with Crippen LogP contribution in [0, 0.1) is 13.8 Å². The standard InChI is InChI=1S/C10H12N4O2S2/c1-6-3-4-8(11)10(7(6)2)18(15,16)13-9-5-12-14-17-9/h3-5,13H,11H2,1-2H3. The molecule has 2 aromatic rings. The molecular formula is C10H12N4O2S2. The van der Waals surface area contributed by atoms with E-state index in [0.717, 1.165) is 17.1 Å². The lowest BCUT2D eigenvalue weighted by atomic mass is 10.1. The highest BCUT2D eigenvalue weighted by molar-refractivity contribution is 7.93. The zero-order valence-electron chi connectivity index (χ0n) is 9.84. The zero-order valence-corrected chi connectivity index (χ0v) is 11.5. The van der Waals surface area contributed by atoms with Crippen LogP contribution in [0.25, 0.3) is 0 Å². The lowest BCUT2D eigenvalue weighted by Crippen LogP contribution is -2.16. The van der Waals surface area contributed by atoms with E-state index in [1.54, 1.807) is 19.1 Å². The Labute approximate surface area is 109 Å². The highest BCUT2D eigenvalue weighted by Gasteiger charge is 2.21. The highest BCUT2D eigenvalue weighted by Crippen LogP contribution is 2.27. The van der Waals surface area contributed by atoms with Gasteiger partial charge in [0.15, 0.2) is 0 Å². The Morgan fingerprint density at radius 3 is 2.67 bits per heavy atom. The zero-order chi connectivity index (χ0) is 13.3. The molecule has 1 aromatic heterocycles. The summed E-state index contributed by atoms with van der Waals surface area (Å²) in [6, 6.07) is 3.37. The summed E-state index contributed by atoms with van der Waals surface area (Å²) in [5.74, 6) is 0. The largest absolute Gasteiger partial charge is 0.398 e. The molecule has 0 aliphatic carbocycles. The Morgan fingerprint density at radius 2 is 2.06 bits per heavy atom. The molecule has 0 saturated carbocycles. The molecule has 0 amide bonds. The van der Waals surface area contributed by atoms with Crippen molar-refractivity contribution in [2.24, 2.45) is 0 Å². The Morgan fingerprint density at radius 1 is 1.33 bits per heavy atom. The average molecular weight is 284 g/mol. The highest BCUT2D eigenvalue weighted by atomic mass is 32.2. The smallest absolute Gasteiger partial charge is 0.264 e. The van der Waals surface area contributed by atoms with Gasteiger partial charge in [0.1, 0.15) is 9.90 Å². The van der Waals surface area contributed by atoms with E-state index in [4.69, 9.17) is 5.73 Å². The van der Waals surface area contributed by atoms with Gasteiger partial charge in [-0.05, 0) is 31.0 Å². The molecule has 0 saturated heterocycles. The number of aromatic nitrogens is 2. The molecule has 6 nitrogen and oxygen atoms in total. The molecule has 0 bridgehead atoms. The summed E-state index contributed by atoms with van der Waals surface area (Å²) < 4.78 is 30.5. The van der Waals surface area contributed by atoms with Crippen molar-refractivity contribution in [1.29, 1.82) is 0 Å². The van der Waals surface area contributed by atoms with Crippen molar-refractivity contribution in [1.82, 2.24) is 9.59 Å². The van der Waals surface area contributed by atoms with E-state index >= 15 is 0 Å². The summed E-state index contributed by atoms with van der Waals surface area (Å²) in [6.07, 6.45) is 1.35.